The predicted octanol–water partition coefficient (Wildman–Crippen LogP) is 2.16. The Hall–Kier alpha value is -1.56. The first-order chi connectivity index (χ1) is 9.71. The lowest BCUT2D eigenvalue weighted by Gasteiger charge is -2.24. The summed E-state index contributed by atoms with van der Waals surface area (Å²) >= 11 is 3.05. The molecule has 1 unspecified atom stereocenters. The van der Waals surface area contributed by atoms with Crippen LogP contribution in [0, 0.1) is 0 Å². The molecule has 1 rings (SSSR count). The van der Waals surface area contributed by atoms with Gasteiger partial charge in [0, 0.05) is 6.42 Å². The van der Waals surface area contributed by atoms with Crippen LogP contribution in [0.2, 0.25) is 0 Å². The molecule has 1 amide bonds. The van der Waals surface area contributed by atoms with E-state index < -0.39 is 17.6 Å². The molecule has 0 aromatic heterocycles. The van der Waals surface area contributed by atoms with Gasteiger partial charge in [-0.15, -0.1) is 0 Å². The monoisotopic (exact) mass is 357 g/mol. The van der Waals surface area contributed by atoms with Crippen molar-refractivity contribution in [3.8, 4) is 5.75 Å². The largest absolute Gasteiger partial charge is 0.508 e. The van der Waals surface area contributed by atoms with E-state index in [9.17, 15) is 14.7 Å². The predicted molar refractivity (Wildman–Crippen MR) is 83.4 cm³/mol. The maximum Gasteiger partial charge on any atom is 0.329 e. The van der Waals surface area contributed by atoms with E-state index in [4.69, 9.17) is 4.74 Å². The SMILES string of the molecule is CC(C)(C)OC(=O)C(Cc1ccc(O)cc1)NC(=O)CBr. The van der Waals surface area contributed by atoms with Gasteiger partial charge >= 0.3 is 5.97 Å². The third kappa shape index (κ3) is 6.62. The van der Waals surface area contributed by atoms with Gasteiger partial charge in [0.15, 0.2) is 0 Å². The first kappa shape index (κ1) is 17.5. The van der Waals surface area contributed by atoms with Crippen molar-refractivity contribution in [3.63, 3.8) is 0 Å². The second kappa shape index (κ2) is 7.45. The topological polar surface area (TPSA) is 75.6 Å². The van der Waals surface area contributed by atoms with Crippen LogP contribution in [-0.2, 0) is 20.7 Å². The third-order valence-corrected chi connectivity index (χ3v) is 3.03. The number of alkyl halides is 1. The fourth-order valence-electron chi connectivity index (χ4n) is 1.67. The number of carbonyl (C=O) groups is 2. The number of ether oxygens (including phenoxy) is 1. The lowest BCUT2D eigenvalue weighted by atomic mass is 10.1. The second-order valence-corrected chi connectivity index (χ2v) is 6.22. The van der Waals surface area contributed by atoms with Crippen LogP contribution in [0.4, 0.5) is 0 Å². The number of benzene rings is 1. The fourth-order valence-corrected chi connectivity index (χ4v) is 1.83. The normalized spacial score (nSPS) is 12.6. The summed E-state index contributed by atoms with van der Waals surface area (Å²) in [6.45, 7) is 5.32. The first-order valence-corrected chi connectivity index (χ1v) is 7.69. The van der Waals surface area contributed by atoms with Gasteiger partial charge in [0.1, 0.15) is 17.4 Å². The van der Waals surface area contributed by atoms with Crippen LogP contribution < -0.4 is 5.32 Å². The summed E-state index contributed by atoms with van der Waals surface area (Å²) in [5.74, 6) is -0.619. The number of hydrogen-bond donors (Lipinski definition) is 2. The summed E-state index contributed by atoms with van der Waals surface area (Å²) in [6.07, 6.45) is 0.300. The van der Waals surface area contributed by atoms with Crippen LogP contribution >= 0.6 is 15.9 Å². The van der Waals surface area contributed by atoms with Crippen molar-refractivity contribution in [3.05, 3.63) is 29.8 Å². The minimum Gasteiger partial charge on any atom is -0.508 e. The zero-order valence-electron chi connectivity index (χ0n) is 12.4. The number of aromatic hydroxyl groups is 1. The molecule has 0 radical (unpaired) electrons. The Balaban J connectivity index is 2.83. The van der Waals surface area contributed by atoms with E-state index in [0.717, 1.165) is 5.56 Å². The van der Waals surface area contributed by atoms with Crippen molar-refractivity contribution in [2.75, 3.05) is 5.33 Å². The smallest absolute Gasteiger partial charge is 0.329 e. The molecule has 6 heteroatoms. The van der Waals surface area contributed by atoms with Gasteiger partial charge in [-0.3, -0.25) is 4.79 Å². The Labute approximate surface area is 132 Å². The van der Waals surface area contributed by atoms with Gasteiger partial charge in [0.2, 0.25) is 5.91 Å². The van der Waals surface area contributed by atoms with Gasteiger partial charge < -0.3 is 15.2 Å². The Morgan fingerprint density at radius 2 is 1.86 bits per heavy atom. The average molecular weight is 358 g/mol. The maximum absolute atomic E-state index is 12.2. The van der Waals surface area contributed by atoms with E-state index in [1.165, 1.54) is 12.1 Å². The molecule has 0 fully saturated rings. The molecule has 1 aromatic carbocycles. The Morgan fingerprint density at radius 1 is 1.29 bits per heavy atom. The number of phenols is 1. The summed E-state index contributed by atoms with van der Waals surface area (Å²) in [6, 6.07) is 5.71. The Kier molecular flexibility index (Phi) is 6.20. The summed E-state index contributed by atoms with van der Waals surface area (Å²) in [7, 11) is 0. The summed E-state index contributed by atoms with van der Waals surface area (Å²) in [5.41, 5.74) is 0.196. The molecular formula is C15H20BrNO4. The van der Waals surface area contributed by atoms with Crippen molar-refractivity contribution >= 4 is 27.8 Å². The van der Waals surface area contributed by atoms with Crippen LogP contribution in [0.3, 0.4) is 0 Å². The molecule has 0 bridgehead atoms. The average Bonchev–Trinajstić information content (AvgIpc) is 2.38. The van der Waals surface area contributed by atoms with Gasteiger partial charge in [-0.2, -0.15) is 0 Å². The van der Waals surface area contributed by atoms with Crippen LogP contribution in [0.25, 0.3) is 0 Å². The molecule has 2 N–H and O–H groups in total. The molecule has 0 aliphatic carbocycles. The number of amides is 1. The number of halogens is 1. The zero-order chi connectivity index (χ0) is 16.0. The lowest BCUT2D eigenvalue weighted by molar-refractivity contribution is -0.158. The second-order valence-electron chi connectivity index (χ2n) is 5.66. The number of nitrogens with one attached hydrogen (secondary N) is 1. The van der Waals surface area contributed by atoms with E-state index in [1.807, 2.05) is 0 Å². The third-order valence-electron chi connectivity index (χ3n) is 2.52. The minimum atomic E-state index is -0.765. The van der Waals surface area contributed by atoms with E-state index in [2.05, 4.69) is 21.2 Å². The van der Waals surface area contributed by atoms with Gasteiger partial charge in [-0.25, -0.2) is 4.79 Å². The number of hydrogen-bond acceptors (Lipinski definition) is 4. The molecule has 1 atom stereocenters. The lowest BCUT2D eigenvalue weighted by Crippen LogP contribution is -2.45. The molecule has 1 aromatic rings. The molecule has 21 heavy (non-hydrogen) atoms. The van der Waals surface area contributed by atoms with Crippen LogP contribution in [0.5, 0.6) is 5.75 Å². The minimum absolute atomic E-state index is 0.113. The van der Waals surface area contributed by atoms with Crippen LogP contribution in [0.1, 0.15) is 26.3 Å². The summed E-state index contributed by atoms with van der Waals surface area (Å²) in [5, 5.41) is 12.0. The van der Waals surface area contributed by atoms with Crippen molar-refractivity contribution in [1.82, 2.24) is 5.32 Å². The molecule has 0 saturated heterocycles. The summed E-state index contributed by atoms with van der Waals surface area (Å²) in [4.78, 5) is 23.7. The van der Waals surface area contributed by atoms with Gasteiger partial charge in [0.25, 0.3) is 0 Å². The van der Waals surface area contributed by atoms with Gasteiger partial charge in [-0.1, -0.05) is 28.1 Å². The quantitative estimate of drug-likeness (QED) is 0.625. The number of carbonyl (C=O) groups excluding carboxylic acids is 2. The highest BCUT2D eigenvalue weighted by atomic mass is 79.9. The van der Waals surface area contributed by atoms with Crippen molar-refractivity contribution in [2.45, 2.75) is 38.8 Å². The van der Waals surface area contributed by atoms with E-state index in [-0.39, 0.29) is 17.0 Å². The van der Waals surface area contributed by atoms with E-state index >= 15 is 0 Å². The fraction of sp³-hybridized carbons (Fsp3) is 0.467. The first-order valence-electron chi connectivity index (χ1n) is 6.57. The molecular weight excluding hydrogens is 338 g/mol. The van der Waals surface area contributed by atoms with Crippen molar-refractivity contribution in [1.29, 1.82) is 0 Å². The standard InChI is InChI=1S/C15H20BrNO4/c1-15(2,3)21-14(20)12(17-13(19)9-16)8-10-4-6-11(18)7-5-10/h4-7,12,18H,8-9H2,1-3H3,(H,17,19). The van der Waals surface area contributed by atoms with Crippen molar-refractivity contribution in [2.24, 2.45) is 0 Å². The highest BCUT2D eigenvalue weighted by molar-refractivity contribution is 9.09. The number of rotatable bonds is 5. The van der Waals surface area contributed by atoms with E-state index in [0.29, 0.717) is 6.42 Å². The summed E-state index contributed by atoms with van der Waals surface area (Å²) < 4.78 is 5.32. The highest BCUT2D eigenvalue weighted by Crippen LogP contribution is 2.14. The van der Waals surface area contributed by atoms with Crippen LogP contribution in [-0.4, -0.2) is 34.0 Å². The molecule has 5 nitrogen and oxygen atoms in total. The zero-order valence-corrected chi connectivity index (χ0v) is 13.9. The van der Waals surface area contributed by atoms with E-state index in [1.54, 1.807) is 32.9 Å². The molecule has 0 spiro atoms. The molecule has 0 saturated carbocycles. The molecule has 116 valence electrons. The maximum atomic E-state index is 12.2. The van der Waals surface area contributed by atoms with Gasteiger partial charge in [0.05, 0.1) is 5.33 Å². The molecule has 0 aliphatic rings. The number of esters is 1. The Bertz CT molecular complexity index is 493. The Morgan fingerprint density at radius 3 is 2.33 bits per heavy atom. The highest BCUT2D eigenvalue weighted by Gasteiger charge is 2.26. The number of phenolic OH excluding ortho intramolecular Hbond substituents is 1. The van der Waals surface area contributed by atoms with Gasteiger partial charge in [-0.05, 0) is 38.5 Å². The molecule has 0 heterocycles. The van der Waals surface area contributed by atoms with Crippen LogP contribution in [0.15, 0.2) is 24.3 Å². The van der Waals surface area contributed by atoms with Crippen molar-refractivity contribution < 1.29 is 19.4 Å². The molecule has 0 aliphatic heterocycles.